The van der Waals surface area contributed by atoms with E-state index in [1.165, 1.54) is 0 Å². The molecule has 3 rings (SSSR count). The van der Waals surface area contributed by atoms with Gasteiger partial charge in [-0.05, 0) is 43.0 Å². The van der Waals surface area contributed by atoms with E-state index in [2.05, 4.69) is 22.0 Å². The molecule has 1 aromatic carbocycles. The second-order valence-corrected chi connectivity index (χ2v) is 6.73. The van der Waals surface area contributed by atoms with Crippen LogP contribution in [0.25, 0.3) is 11.6 Å². The number of nitriles is 3. The van der Waals surface area contributed by atoms with E-state index in [9.17, 15) is 15.8 Å². The highest BCUT2D eigenvalue weighted by atomic mass is 16.5. The molecule has 0 spiro atoms. The highest BCUT2D eigenvalue weighted by Gasteiger charge is 2.29. The summed E-state index contributed by atoms with van der Waals surface area (Å²) in [5.41, 5.74) is 7.71. The summed E-state index contributed by atoms with van der Waals surface area (Å²) in [5.74, 6) is 1.41. The summed E-state index contributed by atoms with van der Waals surface area (Å²) in [7, 11) is 1.58. The Hall–Kier alpha value is -4.02. The summed E-state index contributed by atoms with van der Waals surface area (Å²) in [6.45, 7) is 1.58. The molecule has 1 aliphatic heterocycles. The number of hydrogen-bond donors (Lipinski definition) is 1. The van der Waals surface area contributed by atoms with Gasteiger partial charge in [-0.15, -0.1) is 0 Å². The van der Waals surface area contributed by atoms with Crippen LogP contribution in [0.2, 0.25) is 0 Å². The summed E-state index contributed by atoms with van der Waals surface area (Å²) >= 11 is 0. The number of hydrogen-bond acceptors (Lipinski definition) is 6. The molecule has 2 heterocycles. The van der Waals surface area contributed by atoms with E-state index in [4.69, 9.17) is 10.5 Å². The molecule has 3 N–H and O–H groups in total. The SMILES string of the molecule is COc1ccc(/C=C(/C#N)c2c(C#N)c(N)[nH+]c(N3CCCCC3)c2C#N)cc1. The number of nitrogens with one attached hydrogen (secondary N) is 1. The lowest BCUT2D eigenvalue weighted by Gasteiger charge is -2.25. The third-order valence-electron chi connectivity index (χ3n) is 4.97. The molecule has 0 unspecified atom stereocenters. The molecule has 1 fully saturated rings. The van der Waals surface area contributed by atoms with Gasteiger partial charge in [-0.3, -0.25) is 4.90 Å². The minimum atomic E-state index is 0.101. The fourth-order valence-corrected chi connectivity index (χ4v) is 3.51. The first-order valence-electron chi connectivity index (χ1n) is 9.33. The van der Waals surface area contributed by atoms with Crippen molar-refractivity contribution in [3.05, 3.63) is 46.5 Å². The van der Waals surface area contributed by atoms with Crippen LogP contribution in [0.3, 0.4) is 0 Å². The van der Waals surface area contributed by atoms with Gasteiger partial charge in [0, 0.05) is 5.56 Å². The zero-order valence-corrected chi connectivity index (χ0v) is 16.2. The molecule has 0 saturated carbocycles. The predicted molar refractivity (Wildman–Crippen MR) is 109 cm³/mol. The van der Waals surface area contributed by atoms with Crippen LogP contribution in [-0.4, -0.2) is 20.2 Å². The Kier molecular flexibility index (Phi) is 5.97. The Balaban J connectivity index is 2.20. The van der Waals surface area contributed by atoms with Crippen molar-refractivity contribution in [2.45, 2.75) is 19.3 Å². The first-order valence-corrected chi connectivity index (χ1v) is 9.33. The summed E-state index contributed by atoms with van der Waals surface area (Å²) in [6, 6.07) is 13.6. The molecule has 0 atom stereocenters. The van der Waals surface area contributed by atoms with E-state index in [1.54, 1.807) is 37.5 Å². The molecule has 1 aromatic heterocycles. The van der Waals surface area contributed by atoms with Crippen molar-refractivity contribution in [3.63, 3.8) is 0 Å². The van der Waals surface area contributed by atoms with Crippen molar-refractivity contribution >= 4 is 23.3 Å². The van der Waals surface area contributed by atoms with Gasteiger partial charge in [0.15, 0.2) is 0 Å². The van der Waals surface area contributed by atoms with E-state index in [0.717, 1.165) is 37.9 Å². The van der Waals surface area contributed by atoms with Crippen LogP contribution < -0.4 is 20.4 Å². The van der Waals surface area contributed by atoms with E-state index in [-0.39, 0.29) is 28.1 Å². The zero-order valence-electron chi connectivity index (χ0n) is 16.2. The fraction of sp³-hybridized carbons (Fsp3) is 0.273. The molecule has 0 bridgehead atoms. The van der Waals surface area contributed by atoms with E-state index in [1.807, 2.05) is 6.07 Å². The predicted octanol–water partition coefficient (Wildman–Crippen LogP) is 2.89. The maximum atomic E-state index is 9.92. The van der Waals surface area contributed by atoms with Crippen molar-refractivity contribution in [3.8, 4) is 24.0 Å². The third-order valence-corrected chi connectivity index (χ3v) is 4.97. The van der Waals surface area contributed by atoms with Crippen LogP contribution >= 0.6 is 0 Å². The van der Waals surface area contributed by atoms with E-state index in [0.29, 0.717) is 11.6 Å². The van der Waals surface area contributed by atoms with Crippen LogP contribution in [-0.2, 0) is 0 Å². The van der Waals surface area contributed by atoms with Crippen LogP contribution in [0.15, 0.2) is 24.3 Å². The minimum absolute atomic E-state index is 0.101. The van der Waals surface area contributed by atoms with Gasteiger partial charge in [0.1, 0.15) is 29.0 Å². The molecule has 7 nitrogen and oxygen atoms in total. The first-order chi connectivity index (χ1) is 14.1. The summed E-state index contributed by atoms with van der Waals surface area (Å²) < 4.78 is 5.16. The van der Waals surface area contributed by atoms with Gasteiger partial charge in [0.2, 0.25) is 11.6 Å². The number of aromatic nitrogens is 1. The molecule has 144 valence electrons. The highest BCUT2D eigenvalue weighted by molar-refractivity contribution is 5.95. The van der Waals surface area contributed by atoms with Crippen molar-refractivity contribution < 1.29 is 9.72 Å². The molecule has 0 amide bonds. The molecule has 29 heavy (non-hydrogen) atoms. The van der Waals surface area contributed by atoms with Crippen molar-refractivity contribution in [1.82, 2.24) is 0 Å². The Morgan fingerprint density at radius 2 is 1.72 bits per heavy atom. The van der Waals surface area contributed by atoms with Gasteiger partial charge in [-0.2, -0.15) is 15.8 Å². The van der Waals surface area contributed by atoms with Crippen molar-refractivity contribution in [1.29, 1.82) is 15.8 Å². The Bertz CT molecular complexity index is 1060. The van der Waals surface area contributed by atoms with Gasteiger partial charge in [0.25, 0.3) is 0 Å². The number of pyridine rings is 1. The maximum absolute atomic E-state index is 9.92. The highest BCUT2D eigenvalue weighted by Crippen LogP contribution is 2.32. The largest absolute Gasteiger partial charge is 0.497 e. The molecular formula is C22H21N6O+. The second kappa shape index (κ2) is 8.78. The van der Waals surface area contributed by atoms with Crippen LogP contribution in [0, 0.1) is 34.0 Å². The number of anilines is 2. The number of methoxy groups -OCH3 is 1. The number of rotatable bonds is 4. The molecule has 7 heteroatoms. The quantitative estimate of drug-likeness (QED) is 0.807. The van der Waals surface area contributed by atoms with Crippen LogP contribution in [0.1, 0.15) is 41.5 Å². The lowest BCUT2D eigenvalue weighted by Crippen LogP contribution is -2.36. The maximum Gasteiger partial charge on any atom is 0.240 e. The van der Waals surface area contributed by atoms with Gasteiger partial charge in [0.05, 0.1) is 31.8 Å². The molecule has 0 aliphatic carbocycles. The Morgan fingerprint density at radius 1 is 1.07 bits per heavy atom. The lowest BCUT2D eigenvalue weighted by molar-refractivity contribution is -0.347. The monoisotopic (exact) mass is 385 g/mol. The number of nitrogens with two attached hydrogens (primary N) is 1. The van der Waals surface area contributed by atoms with Gasteiger partial charge >= 0.3 is 0 Å². The topological polar surface area (TPSA) is 124 Å². The third kappa shape index (κ3) is 3.98. The molecular weight excluding hydrogens is 364 g/mol. The second-order valence-electron chi connectivity index (χ2n) is 6.73. The van der Waals surface area contributed by atoms with Crippen LogP contribution in [0.5, 0.6) is 5.75 Å². The average Bonchev–Trinajstić information content (AvgIpc) is 2.77. The lowest BCUT2D eigenvalue weighted by atomic mass is 9.94. The molecule has 2 aromatic rings. The fourth-order valence-electron chi connectivity index (χ4n) is 3.51. The summed E-state index contributed by atoms with van der Waals surface area (Å²) in [5, 5.41) is 29.4. The van der Waals surface area contributed by atoms with Gasteiger partial charge in [-0.1, -0.05) is 12.1 Å². The first kappa shape index (κ1) is 19.7. The number of nitrogen functional groups attached to an aromatic ring is 1. The molecule has 0 radical (unpaired) electrons. The number of aromatic amines is 1. The van der Waals surface area contributed by atoms with Crippen molar-refractivity contribution in [2.24, 2.45) is 0 Å². The van der Waals surface area contributed by atoms with E-state index >= 15 is 0 Å². The smallest absolute Gasteiger partial charge is 0.240 e. The van der Waals surface area contributed by atoms with E-state index < -0.39 is 0 Å². The summed E-state index contributed by atoms with van der Waals surface area (Å²) in [4.78, 5) is 5.08. The number of piperidine rings is 1. The minimum Gasteiger partial charge on any atom is -0.497 e. The number of nitrogens with zero attached hydrogens (tertiary/aromatic N) is 4. The van der Waals surface area contributed by atoms with Crippen LogP contribution in [0.4, 0.5) is 11.6 Å². The van der Waals surface area contributed by atoms with Gasteiger partial charge < -0.3 is 10.5 Å². The molecule has 1 aliphatic rings. The average molecular weight is 385 g/mol. The number of allylic oxidation sites excluding steroid dienone is 1. The standard InChI is InChI=1S/C22H20N6O/c1-29-17-7-5-15(6-8-17)11-16(12-23)20-18(13-24)21(26)27-22(19(20)14-25)28-9-3-2-4-10-28/h5-8,11H,2-4,9-10H2,1H3,(H2,26,27)/p+1/b16-11-. The Labute approximate surface area is 169 Å². The number of benzene rings is 1. The molecule has 1 saturated heterocycles. The van der Waals surface area contributed by atoms with Gasteiger partial charge in [-0.25, -0.2) is 4.98 Å². The zero-order chi connectivity index (χ0) is 20.8. The number of H-pyrrole nitrogens is 1. The normalized spacial score (nSPS) is 13.9. The Morgan fingerprint density at radius 3 is 2.28 bits per heavy atom. The number of ether oxygens (including phenoxy) is 1. The summed E-state index contributed by atoms with van der Waals surface area (Å²) in [6.07, 6.45) is 4.81. The van der Waals surface area contributed by atoms with Crippen molar-refractivity contribution in [2.75, 3.05) is 30.8 Å².